The molecule has 3 saturated heterocycles. The van der Waals surface area contributed by atoms with Gasteiger partial charge in [-0.1, -0.05) is 60.1 Å². The molecule has 0 bridgehead atoms. The van der Waals surface area contributed by atoms with Crippen LogP contribution in [-0.4, -0.2) is 168 Å². The fraction of sp³-hybridized carbons (Fsp3) is 0.915. The lowest BCUT2D eigenvalue weighted by molar-refractivity contribution is -0.347. The van der Waals surface area contributed by atoms with Gasteiger partial charge in [0, 0.05) is 0 Å². The molecule has 5 aliphatic carbocycles. The Hall–Kier alpha value is -1.88. The molecule has 3 aliphatic heterocycles. The zero-order chi connectivity index (χ0) is 47.6. The monoisotopic (exact) mass is 926 g/mol. The molecule has 0 radical (unpaired) electrons. The number of aliphatic hydroxyl groups is 9. The van der Waals surface area contributed by atoms with Gasteiger partial charge in [-0.25, -0.2) is 4.79 Å². The van der Waals surface area contributed by atoms with Crippen molar-refractivity contribution in [2.24, 2.45) is 50.2 Å². The number of carboxylic acids is 1. The van der Waals surface area contributed by atoms with Crippen LogP contribution in [0.2, 0.25) is 0 Å². The predicted molar refractivity (Wildman–Crippen MR) is 225 cm³/mol. The van der Waals surface area contributed by atoms with Gasteiger partial charge in [-0.05, 0) is 109 Å². The Balaban J connectivity index is 1.04. The van der Waals surface area contributed by atoms with Crippen molar-refractivity contribution >= 4 is 11.9 Å². The molecule has 8 aliphatic rings. The third kappa shape index (κ3) is 7.67. The van der Waals surface area contributed by atoms with Crippen LogP contribution < -0.4 is 0 Å². The van der Waals surface area contributed by atoms with Gasteiger partial charge >= 0.3 is 11.9 Å². The third-order valence-electron chi connectivity index (χ3n) is 18.9. The summed E-state index contributed by atoms with van der Waals surface area (Å²) in [5.41, 5.74) is -0.309. The van der Waals surface area contributed by atoms with Gasteiger partial charge in [0.1, 0.15) is 61.0 Å². The predicted octanol–water partition coefficient (Wildman–Crippen LogP) is 0.872. The van der Waals surface area contributed by atoms with E-state index in [9.17, 15) is 60.7 Å². The number of ether oxygens (including phenoxy) is 6. The van der Waals surface area contributed by atoms with E-state index in [2.05, 4.69) is 54.5 Å². The summed E-state index contributed by atoms with van der Waals surface area (Å²) in [4.78, 5) is 27.2. The molecule has 4 saturated carbocycles. The Bertz CT molecular complexity index is 1820. The first kappa shape index (κ1) is 49.5. The van der Waals surface area contributed by atoms with Crippen LogP contribution in [0.3, 0.4) is 0 Å². The summed E-state index contributed by atoms with van der Waals surface area (Å²) in [6.07, 6.45) is -15.0. The Labute approximate surface area is 380 Å². The van der Waals surface area contributed by atoms with Crippen molar-refractivity contribution in [2.75, 3.05) is 13.2 Å². The lowest BCUT2D eigenvalue weighted by Crippen LogP contribution is -2.66. The van der Waals surface area contributed by atoms with Gasteiger partial charge in [-0.15, -0.1) is 0 Å². The highest BCUT2D eigenvalue weighted by Crippen LogP contribution is 2.76. The Morgan fingerprint density at radius 3 is 1.89 bits per heavy atom. The average Bonchev–Trinajstić information content (AvgIpc) is 3.52. The van der Waals surface area contributed by atoms with Crippen molar-refractivity contribution in [1.82, 2.24) is 0 Å². The van der Waals surface area contributed by atoms with Gasteiger partial charge in [0.2, 0.25) is 6.29 Å². The average molecular weight is 927 g/mol. The smallest absolute Gasteiger partial charge is 0.340 e. The summed E-state index contributed by atoms with van der Waals surface area (Å²) in [6.45, 7) is 14.5. The van der Waals surface area contributed by atoms with E-state index in [0.717, 1.165) is 44.9 Å². The van der Waals surface area contributed by atoms with Gasteiger partial charge in [-0.3, -0.25) is 4.79 Å². The highest BCUT2D eigenvalue weighted by molar-refractivity contribution is 5.77. The normalized spacial score (nSPS) is 52.5. The second-order valence-electron chi connectivity index (χ2n) is 23.0. The van der Waals surface area contributed by atoms with Crippen LogP contribution in [0.15, 0.2) is 11.6 Å². The summed E-state index contributed by atoms with van der Waals surface area (Å²) < 4.78 is 34.8. The molecule has 0 spiro atoms. The fourth-order valence-electron chi connectivity index (χ4n) is 14.8. The molecule has 65 heavy (non-hydrogen) atoms. The van der Waals surface area contributed by atoms with Crippen molar-refractivity contribution in [3.8, 4) is 0 Å². The highest BCUT2D eigenvalue weighted by atomic mass is 16.8. The number of carbonyl (C=O) groups is 2. The first-order chi connectivity index (χ1) is 30.3. The van der Waals surface area contributed by atoms with Crippen molar-refractivity contribution in [3.63, 3.8) is 0 Å². The molecule has 18 heteroatoms. The molecule has 0 aromatic rings. The maximum Gasteiger partial charge on any atom is 0.340 e. The molecule has 22 atom stereocenters. The minimum absolute atomic E-state index is 0.00762. The minimum atomic E-state index is -1.98. The summed E-state index contributed by atoms with van der Waals surface area (Å²) >= 11 is 0. The molecule has 0 aromatic heterocycles. The number of allylic oxidation sites excluding steroid dienone is 2. The van der Waals surface area contributed by atoms with E-state index in [4.69, 9.17) is 28.4 Å². The molecular formula is C47H74O18. The number of esters is 1. The second-order valence-corrected chi connectivity index (χ2v) is 23.0. The van der Waals surface area contributed by atoms with E-state index in [0.29, 0.717) is 19.3 Å². The molecule has 0 aromatic carbocycles. The molecule has 10 N–H and O–H groups in total. The standard InChI is InChI=1S/C47H74O18/c1-42(2)14-16-47(41(58)59)17-15-45(6)21(22(47)18-42)8-9-26-44(5)12-11-27(43(3,4)25(44)10-13-46(26,45)7)62-40-34(56)31(53)35(63-38-32(54)29(51)24(20-49)60-38)36(64-40)37(57)65-39-33(55)30(52)28(50)23(19-48)61-39/h8,22-36,38-40,48-56H,9-20H2,1-7H3,(H,58,59)/t22-,23+,24-,25-,26+,27-,28+,29-,30-,31+,32+,33+,34+,35-,36-,38-,39-,40+,44-,45+,46+,47-/m0/s1. The first-order valence-corrected chi connectivity index (χ1v) is 23.7. The largest absolute Gasteiger partial charge is 0.481 e. The number of rotatable bonds is 9. The van der Waals surface area contributed by atoms with Gasteiger partial charge in [0.15, 0.2) is 18.7 Å². The van der Waals surface area contributed by atoms with Crippen LogP contribution in [0.25, 0.3) is 0 Å². The van der Waals surface area contributed by atoms with E-state index in [1.54, 1.807) is 0 Å². The Morgan fingerprint density at radius 1 is 0.662 bits per heavy atom. The fourth-order valence-corrected chi connectivity index (χ4v) is 14.8. The molecule has 370 valence electrons. The molecule has 3 heterocycles. The van der Waals surface area contributed by atoms with Crippen LogP contribution in [0.1, 0.15) is 113 Å². The summed E-state index contributed by atoms with van der Waals surface area (Å²) in [7, 11) is 0. The quantitative estimate of drug-likeness (QED) is 0.0872. The number of hydrogen-bond acceptors (Lipinski definition) is 17. The molecule has 18 nitrogen and oxygen atoms in total. The van der Waals surface area contributed by atoms with Gasteiger partial charge in [0.25, 0.3) is 0 Å². The van der Waals surface area contributed by atoms with Crippen LogP contribution >= 0.6 is 0 Å². The minimum Gasteiger partial charge on any atom is -0.481 e. The Kier molecular flexibility index (Phi) is 13.1. The van der Waals surface area contributed by atoms with Gasteiger partial charge in [0.05, 0.1) is 24.7 Å². The number of aliphatic hydroxyl groups excluding tert-OH is 9. The van der Waals surface area contributed by atoms with E-state index in [-0.39, 0.29) is 39.4 Å². The summed E-state index contributed by atoms with van der Waals surface area (Å²) in [5.74, 6) is -1.60. The van der Waals surface area contributed by atoms with Gasteiger partial charge < -0.3 is 79.5 Å². The van der Waals surface area contributed by atoms with Crippen molar-refractivity contribution in [3.05, 3.63) is 11.6 Å². The zero-order valence-electron chi connectivity index (χ0n) is 38.7. The van der Waals surface area contributed by atoms with Crippen molar-refractivity contribution < 1.29 is 89.1 Å². The van der Waals surface area contributed by atoms with E-state index in [1.165, 1.54) is 5.57 Å². The molecule has 8 rings (SSSR count). The second kappa shape index (κ2) is 17.2. The SMILES string of the molecule is CC1(C)CC[C@]2(C(=O)O)CC[C@]3(C)C(=CC[C@@H]4[C@@]5(C)CC[C@H](O[C@@H]6O[C@H](C(=O)O[C@@H]7O[C@H](CO)[C@@H](O)[C@H](O)[C@H]7O)[C@@H](O[C@@H]7O[C@@H](CO)[C@H](O)[C@H]7O)[C@H](O)[C@H]6O)C(C)(C)[C@@H]5CC[C@]43C)[C@@H]2C1. The number of aliphatic carboxylic acids is 1. The van der Waals surface area contributed by atoms with E-state index in [1.807, 2.05) is 0 Å². The number of fused-ring (bicyclic) bond motifs is 7. The van der Waals surface area contributed by atoms with Gasteiger partial charge in [-0.2, -0.15) is 0 Å². The molecule has 0 amide bonds. The van der Waals surface area contributed by atoms with Crippen LogP contribution in [-0.2, 0) is 38.0 Å². The topological polar surface area (TPSA) is 292 Å². The summed E-state index contributed by atoms with van der Waals surface area (Å²) in [5, 5.41) is 106. The lowest BCUT2D eigenvalue weighted by atomic mass is 9.33. The van der Waals surface area contributed by atoms with Crippen LogP contribution in [0.5, 0.6) is 0 Å². The maximum absolute atomic E-state index is 14.0. The lowest BCUT2D eigenvalue weighted by Gasteiger charge is -2.71. The molecule has 7 fully saturated rings. The first-order valence-electron chi connectivity index (χ1n) is 23.7. The Morgan fingerprint density at radius 2 is 1.25 bits per heavy atom. The van der Waals surface area contributed by atoms with Crippen molar-refractivity contribution in [1.29, 1.82) is 0 Å². The number of hydrogen-bond donors (Lipinski definition) is 10. The number of carbonyl (C=O) groups excluding carboxylic acids is 1. The molecular weight excluding hydrogens is 852 g/mol. The van der Waals surface area contributed by atoms with E-state index < -0.39 is 128 Å². The zero-order valence-corrected chi connectivity index (χ0v) is 38.7. The third-order valence-corrected chi connectivity index (χ3v) is 18.9. The molecule has 0 unspecified atom stereocenters. The van der Waals surface area contributed by atoms with Crippen LogP contribution in [0.4, 0.5) is 0 Å². The maximum atomic E-state index is 14.0. The summed E-state index contributed by atoms with van der Waals surface area (Å²) in [6, 6.07) is 0. The van der Waals surface area contributed by atoms with Crippen molar-refractivity contribution in [2.45, 2.75) is 205 Å². The highest BCUT2D eigenvalue weighted by Gasteiger charge is 2.70. The van der Waals surface area contributed by atoms with E-state index >= 15 is 0 Å². The number of carboxylic acid groups (broad SMARTS) is 1. The van der Waals surface area contributed by atoms with Crippen LogP contribution in [0, 0.1) is 50.2 Å².